The largest absolute Gasteiger partial charge is 1.00 e. The second-order valence-electron chi connectivity index (χ2n) is 8.33. The molecule has 0 bridgehead atoms. The van der Waals surface area contributed by atoms with Gasteiger partial charge >= 0.3 is 35.5 Å². The van der Waals surface area contributed by atoms with Gasteiger partial charge in [-0.05, 0) is 73.4 Å². The van der Waals surface area contributed by atoms with E-state index in [9.17, 15) is 19.5 Å². The van der Waals surface area contributed by atoms with Crippen molar-refractivity contribution in [3.8, 4) is 0 Å². The Morgan fingerprint density at radius 1 is 0.838 bits per heavy atom. The number of aryl methyl sites for hydroxylation is 2. The third-order valence-electron chi connectivity index (χ3n) is 5.94. The fourth-order valence-electron chi connectivity index (χ4n) is 3.87. The van der Waals surface area contributed by atoms with E-state index in [-0.39, 0.29) is 53.7 Å². The molecule has 0 saturated carbocycles. The fourth-order valence-corrected chi connectivity index (χ4v) is 4.39. The maximum atomic E-state index is 13.8. The van der Waals surface area contributed by atoms with Gasteiger partial charge in [-0.1, -0.05) is 30.3 Å². The van der Waals surface area contributed by atoms with E-state index in [1.165, 1.54) is 0 Å². The van der Waals surface area contributed by atoms with Crippen LogP contribution in [0.1, 0.15) is 49.9 Å². The van der Waals surface area contributed by atoms with Gasteiger partial charge < -0.3 is 14.6 Å². The molecule has 0 fully saturated rings. The molecule has 0 unspecified atom stereocenters. The summed E-state index contributed by atoms with van der Waals surface area (Å²) in [6, 6.07) is 16.7. The quantitative estimate of drug-likeness (QED) is 0.148. The van der Waals surface area contributed by atoms with Gasteiger partial charge in [0.15, 0.2) is 5.78 Å². The number of hydrogen-bond acceptors (Lipinski definition) is 8. The van der Waals surface area contributed by atoms with E-state index in [0.717, 1.165) is 22.9 Å². The standard InChI is InChI=1S/C28H24N2O5S.Na/c1-4-35-28(34)19-9-6-18(7-10-19)14-22(26(31)21-8-5-16(2)17(3)13-21)25(27(32)33)20-11-12-23-24(15-20)30-36-29-23;/h5-13,15H,4,14H2,1-3H3,(H,32,33);/q;+1/p-1. The Hall–Kier alpha value is -3.17. The summed E-state index contributed by atoms with van der Waals surface area (Å²) < 4.78 is 13.4. The maximum absolute atomic E-state index is 13.8. The number of carbonyl (C=O) groups is 3. The molecule has 1 aromatic heterocycles. The second-order valence-corrected chi connectivity index (χ2v) is 8.86. The van der Waals surface area contributed by atoms with Crippen LogP contribution in [-0.2, 0) is 16.0 Å². The molecule has 4 aromatic rings. The minimum absolute atomic E-state index is 0. The van der Waals surface area contributed by atoms with Gasteiger partial charge in [0.25, 0.3) is 0 Å². The number of aromatic nitrogens is 2. The molecule has 0 amide bonds. The predicted octanol–water partition coefficient (Wildman–Crippen LogP) is 1.12. The summed E-state index contributed by atoms with van der Waals surface area (Å²) >= 11 is 1.02. The Kier molecular flexibility index (Phi) is 9.50. The van der Waals surface area contributed by atoms with Crippen LogP contribution in [0.25, 0.3) is 16.6 Å². The first-order valence-corrected chi connectivity index (χ1v) is 12.1. The Morgan fingerprint density at radius 3 is 2.14 bits per heavy atom. The molecule has 0 aliphatic heterocycles. The number of benzene rings is 3. The van der Waals surface area contributed by atoms with Gasteiger partial charge in [0.1, 0.15) is 11.0 Å². The van der Waals surface area contributed by atoms with Crippen molar-refractivity contribution >= 4 is 46.1 Å². The van der Waals surface area contributed by atoms with Crippen molar-refractivity contribution in [1.82, 2.24) is 8.75 Å². The molecule has 0 spiro atoms. The summed E-state index contributed by atoms with van der Waals surface area (Å²) in [4.78, 5) is 38.2. The molecule has 4 rings (SSSR count). The van der Waals surface area contributed by atoms with Crippen LogP contribution >= 0.6 is 11.7 Å². The van der Waals surface area contributed by atoms with Gasteiger partial charge in [-0.2, -0.15) is 8.75 Å². The zero-order chi connectivity index (χ0) is 25.8. The van der Waals surface area contributed by atoms with E-state index in [1.54, 1.807) is 61.5 Å². The van der Waals surface area contributed by atoms with Crippen molar-refractivity contribution in [3.05, 3.63) is 99.6 Å². The van der Waals surface area contributed by atoms with Crippen molar-refractivity contribution in [3.63, 3.8) is 0 Å². The van der Waals surface area contributed by atoms with Crippen LogP contribution in [0, 0.1) is 13.8 Å². The van der Waals surface area contributed by atoms with Crippen LogP contribution in [-0.4, -0.2) is 33.1 Å². The Labute approximate surface area is 240 Å². The van der Waals surface area contributed by atoms with Crippen molar-refractivity contribution in [2.24, 2.45) is 0 Å². The average molecular weight is 523 g/mol. The first kappa shape index (κ1) is 28.4. The number of hydrogen-bond donors (Lipinski definition) is 0. The van der Waals surface area contributed by atoms with Crippen molar-refractivity contribution in [1.29, 1.82) is 0 Å². The van der Waals surface area contributed by atoms with E-state index in [1.807, 2.05) is 19.9 Å². The normalized spacial score (nSPS) is 11.4. The molecule has 3 aromatic carbocycles. The number of aliphatic carboxylic acids is 1. The van der Waals surface area contributed by atoms with Crippen molar-refractivity contribution < 1.29 is 53.8 Å². The van der Waals surface area contributed by atoms with Gasteiger partial charge in [-0.15, -0.1) is 0 Å². The number of fused-ring (bicyclic) bond motifs is 1. The molecule has 7 nitrogen and oxygen atoms in total. The summed E-state index contributed by atoms with van der Waals surface area (Å²) in [5.41, 5.74) is 4.70. The third kappa shape index (κ3) is 6.40. The number of esters is 1. The van der Waals surface area contributed by atoms with Crippen molar-refractivity contribution in [2.45, 2.75) is 27.2 Å². The molecule has 1 heterocycles. The number of ether oxygens (including phenoxy) is 1. The van der Waals surface area contributed by atoms with Crippen LogP contribution in [0.15, 0.2) is 66.2 Å². The third-order valence-corrected chi connectivity index (χ3v) is 6.49. The number of carboxylic acid groups (broad SMARTS) is 1. The zero-order valence-electron chi connectivity index (χ0n) is 21.0. The van der Waals surface area contributed by atoms with Crippen LogP contribution in [0.5, 0.6) is 0 Å². The Bertz CT molecular complexity index is 1510. The molecule has 0 aliphatic rings. The summed E-state index contributed by atoms with van der Waals surface area (Å²) in [5, 5.41) is 12.5. The van der Waals surface area contributed by atoms with E-state index < -0.39 is 17.7 Å². The van der Waals surface area contributed by atoms with Gasteiger partial charge in [-0.25, -0.2) is 4.79 Å². The van der Waals surface area contributed by atoms with E-state index in [4.69, 9.17) is 4.74 Å². The number of allylic oxidation sites excluding steroid dienone is 1. The Balaban J connectivity index is 0.00000380. The van der Waals surface area contributed by atoms with Gasteiger partial charge in [0.2, 0.25) is 0 Å². The van der Waals surface area contributed by atoms with Gasteiger partial charge in [0, 0.05) is 23.1 Å². The number of carboxylic acids is 1. The summed E-state index contributed by atoms with van der Waals surface area (Å²) in [5.74, 6) is -2.33. The molecule has 9 heteroatoms. The van der Waals surface area contributed by atoms with E-state index >= 15 is 0 Å². The molecule has 0 atom stereocenters. The number of ketones is 1. The van der Waals surface area contributed by atoms with Crippen LogP contribution in [0.3, 0.4) is 0 Å². The maximum Gasteiger partial charge on any atom is 1.00 e. The number of nitrogens with zero attached hydrogens (tertiary/aromatic N) is 2. The zero-order valence-corrected chi connectivity index (χ0v) is 23.8. The molecule has 0 aliphatic carbocycles. The van der Waals surface area contributed by atoms with Crippen LogP contribution < -0.4 is 34.7 Å². The number of carbonyl (C=O) groups excluding carboxylic acids is 3. The molecule has 182 valence electrons. The van der Waals surface area contributed by atoms with Crippen molar-refractivity contribution in [2.75, 3.05) is 6.61 Å². The number of Topliss-reactive ketones (excluding diaryl/α,β-unsaturated/α-hetero) is 1. The first-order chi connectivity index (χ1) is 17.3. The van der Waals surface area contributed by atoms with E-state index in [2.05, 4.69) is 8.75 Å². The van der Waals surface area contributed by atoms with E-state index in [0.29, 0.717) is 33.3 Å². The molecule has 0 N–H and O–H groups in total. The van der Waals surface area contributed by atoms with Crippen LogP contribution in [0.2, 0.25) is 0 Å². The van der Waals surface area contributed by atoms with Gasteiger partial charge in [-0.3, -0.25) is 4.79 Å². The summed E-state index contributed by atoms with van der Waals surface area (Å²) in [6.07, 6.45) is 0.0194. The smallest absolute Gasteiger partial charge is 0.545 e. The first-order valence-electron chi connectivity index (χ1n) is 11.3. The predicted molar refractivity (Wildman–Crippen MR) is 136 cm³/mol. The summed E-state index contributed by atoms with van der Waals surface area (Å²) in [6.45, 7) is 5.82. The minimum atomic E-state index is -1.46. The molecular formula is C28H23N2NaO5S. The molecule has 0 saturated heterocycles. The molecule has 0 radical (unpaired) electrons. The Morgan fingerprint density at radius 2 is 1.49 bits per heavy atom. The summed E-state index contributed by atoms with van der Waals surface area (Å²) in [7, 11) is 0. The van der Waals surface area contributed by atoms with Crippen LogP contribution in [0.4, 0.5) is 0 Å². The number of rotatable bonds is 8. The SMILES string of the molecule is CCOC(=O)c1ccc(CC(C(=O)c2ccc(C)c(C)c2)=C(C(=O)[O-])c2ccc3nsnc3c2)cc1.[Na+]. The molecule has 37 heavy (non-hydrogen) atoms. The topological polar surface area (TPSA) is 109 Å². The van der Waals surface area contributed by atoms with Gasteiger partial charge in [0.05, 0.1) is 29.9 Å². The average Bonchev–Trinajstić information content (AvgIpc) is 3.33. The minimum Gasteiger partial charge on any atom is -0.545 e. The second kappa shape index (κ2) is 12.4. The molecular weight excluding hydrogens is 499 g/mol. The monoisotopic (exact) mass is 522 g/mol. The fraction of sp³-hybridized carbons (Fsp3) is 0.179.